The minimum absolute atomic E-state index is 0.397. The van der Waals surface area contributed by atoms with Gasteiger partial charge in [0.05, 0.1) is 18.7 Å². The Morgan fingerprint density at radius 1 is 1.44 bits per heavy atom. The molecule has 0 spiro atoms. The quantitative estimate of drug-likeness (QED) is 0.823. The third kappa shape index (κ3) is 2.33. The maximum atomic E-state index is 5.78. The molecule has 2 aromatic heterocycles. The van der Waals surface area contributed by atoms with Crippen LogP contribution in [-0.4, -0.2) is 17.0 Å². The first-order valence-corrected chi connectivity index (χ1v) is 5.26. The number of halogens is 1. The molecule has 0 saturated carbocycles. The highest BCUT2D eigenvalue weighted by Gasteiger charge is 2.08. The van der Waals surface area contributed by atoms with Gasteiger partial charge in [0.1, 0.15) is 16.7 Å². The lowest BCUT2D eigenvalue weighted by Gasteiger charge is -2.17. The molecule has 0 N–H and O–H groups in total. The lowest BCUT2D eigenvalue weighted by Crippen LogP contribution is -2.18. The van der Waals surface area contributed by atoms with Gasteiger partial charge in [-0.15, -0.1) is 0 Å². The molecule has 0 aliphatic rings. The Kier molecular flexibility index (Phi) is 3.10. The molecule has 84 valence electrons. The van der Waals surface area contributed by atoms with Gasteiger partial charge in [0.2, 0.25) is 0 Å². The van der Waals surface area contributed by atoms with Crippen molar-refractivity contribution in [3.8, 4) is 0 Å². The average Bonchev–Trinajstić information content (AvgIpc) is 2.64. The van der Waals surface area contributed by atoms with Crippen molar-refractivity contribution in [2.45, 2.75) is 13.5 Å². The first-order valence-electron chi connectivity index (χ1n) is 4.88. The van der Waals surface area contributed by atoms with Gasteiger partial charge in [0.25, 0.3) is 0 Å². The van der Waals surface area contributed by atoms with Crippen LogP contribution in [0.5, 0.6) is 0 Å². The van der Waals surface area contributed by atoms with Crippen LogP contribution in [-0.2, 0) is 6.54 Å². The Morgan fingerprint density at radius 2 is 2.25 bits per heavy atom. The van der Waals surface area contributed by atoms with Gasteiger partial charge >= 0.3 is 0 Å². The van der Waals surface area contributed by atoms with Gasteiger partial charge in [-0.05, 0) is 13.0 Å². The van der Waals surface area contributed by atoms with E-state index < -0.39 is 0 Å². The van der Waals surface area contributed by atoms with E-state index in [1.54, 1.807) is 12.5 Å². The maximum Gasteiger partial charge on any atom is 0.149 e. The number of furan rings is 1. The molecular weight excluding hydrogens is 226 g/mol. The number of nitrogens with zero attached hydrogens (tertiary/aromatic N) is 3. The minimum Gasteiger partial charge on any atom is -0.469 e. The zero-order valence-corrected chi connectivity index (χ0v) is 9.90. The standard InChI is InChI=1S/C11H12ClN3O/c1-8-9(3-4-16-8)7-15(2)11-6-13-5-10(12)14-11/h3-6H,7H2,1-2H3. The average molecular weight is 238 g/mol. The molecule has 2 aromatic rings. The van der Waals surface area contributed by atoms with Crippen LogP contribution in [0.1, 0.15) is 11.3 Å². The van der Waals surface area contributed by atoms with Crippen molar-refractivity contribution in [2.24, 2.45) is 0 Å². The predicted molar refractivity (Wildman–Crippen MR) is 62.6 cm³/mol. The van der Waals surface area contributed by atoms with E-state index in [4.69, 9.17) is 16.0 Å². The van der Waals surface area contributed by atoms with Crippen LogP contribution in [0.4, 0.5) is 5.82 Å². The van der Waals surface area contributed by atoms with Gasteiger partial charge in [-0.1, -0.05) is 11.6 Å². The molecule has 4 nitrogen and oxygen atoms in total. The number of anilines is 1. The molecule has 0 atom stereocenters. The highest BCUT2D eigenvalue weighted by molar-refractivity contribution is 6.29. The molecule has 0 aliphatic heterocycles. The van der Waals surface area contributed by atoms with Crippen molar-refractivity contribution in [1.82, 2.24) is 9.97 Å². The fourth-order valence-electron chi connectivity index (χ4n) is 1.43. The number of aromatic nitrogens is 2. The highest BCUT2D eigenvalue weighted by atomic mass is 35.5. The normalized spacial score (nSPS) is 10.4. The lowest BCUT2D eigenvalue weighted by atomic mass is 10.2. The van der Waals surface area contributed by atoms with Crippen LogP contribution in [0.2, 0.25) is 5.15 Å². The van der Waals surface area contributed by atoms with Gasteiger partial charge < -0.3 is 9.32 Å². The summed E-state index contributed by atoms with van der Waals surface area (Å²) in [6.45, 7) is 2.66. The largest absolute Gasteiger partial charge is 0.469 e. The van der Waals surface area contributed by atoms with Gasteiger partial charge in [0.15, 0.2) is 0 Å². The number of rotatable bonds is 3. The van der Waals surface area contributed by atoms with Gasteiger partial charge in [-0.2, -0.15) is 0 Å². The van der Waals surface area contributed by atoms with Crippen LogP contribution in [0.25, 0.3) is 0 Å². The molecule has 0 unspecified atom stereocenters. The number of hydrogen-bond donors (Lipinski definition) is 0. The molecule has 0 radical (unpaired) electrons. The molecule has 0 aromatic carbocycles. The number of aryl methyl sites for hydroxylation is 1. The van der Waals surface area contributed by atoms with Gasteiger partial charge in [-0.3, -0.25) is 4.98 Å². The fourth-order valence-corrected chi connectivity index (χ4v) is 1.57. The molecule has 0 bridgehead atoms. The summed E-state index contributed by atoms with van der Waals surface area (Å²) in [5, 5.41) is 0.397. The third-order valence-electron chi connectivity index (χ3n) is 2.36. The summed E-state index contributed by atoms with van der Waals surface area (Å²) in [7, 11) is 1.94. The van der Waals surface area contributed by atoms with Crippen LogP contribution in [0, 0.1) is 6.92 Å². The molecule has 2 heterocycles. The topological polar surface area (TPSA) is 42.2 Å². The van der Waals surface area contributed by atoms with Gasteiger partial charge in [-0.25, -0.2) is 4.98 Å². The molecule has 0 amide bonds. The second-order valence-corrected chi connectivity index (χ2v) is 3.95. The van der Waals surface area contributed by atoms with E-state index >= 15 is 0 Å². The minimum atomic E-state index is 0.397. The maximum absolute atomic E-state index is 5.78. The third-order valence-corrected chi connectivity index (χ3v) is 2.54. The van der Waals surface area contributed by atoms with E-state index in [1.165, 1.54) is 6.20 Å². The van der Waals surface area contributed by atoms with Crippen LogP contribution in [0.3, 0.4) is 0 Å². The number of hydrogen-bond acceptors (Lipinski definition) is 4. The summed E-state index contributed by atoms with van der Waals surface area (Å²) in [4.78, 5) is 10.1. The molecule has 0 aliphatic carbocycles. The second-order valence-electron chi connectivity index (χ2n) is 3.56. The van der Waals surface area contributed by atoms with E-state index in [0.717, 1.165) is 23.7 Å². The SMILES string of the molecule is Cc1occc1CN(C)c1cncc(Cl)n1. The zero-order chi connectivity index (χ0) is 11.5. The molecule has 0 fully saturated rings. The van der Waals surface area contributed by atoms with E-state index in [9.17, 15) is 0 Å². The second kappa shape index (κ2) is 4.53. The molecular formula is C11H12ClN3O. The molecule has 5 heteroatoms. The van der Waals surface area contributed by atoms with Gasteiger partial charge in [0, 0.05) is 19.2 Å². The summed E-state index contributed by atoms with van der Waals surface area (Å²) < 4.78 is 5.24. The summed E-state index contributed by atoms with van der Waals surface area (Å²) in [6, 6.07) is 1.95. The summed E-state index contributed by atoms with van der Waals surface area (Å²) in [5.41, 5.74) is 1.13. The first kappa shape index (κ1) is 11.0. The Morgan fingerprint density at radius 3 is 2.88 bits per heavy atom. The van der Waals surface area contributed by atoms with Crippen LogP contribution >= 0.6 is 11.6 Å². The van der Waals surface area contributed by atoms with Crippen molar-refractivity contribution in [1.29, 1.82) is 0 Å². The predicted octanol–water partition coefficient (Wildman–Crippen LogP) is 2.67. The van der Waals surface area contributed by atoms with E-state index in [0.29, 0.717) is 5.15 Å². The van der Waals surface area contributed by atoms with Crippen molar-refractivity contribution < 1.29 is 4.42 Å². The van der Waals surface area contributed by atoms with Crippen molar-refractivity contribution in [3.05, 3.63) is 41.2 Å². The summed E-state index contributed by atoms with van der Waals surface area (Å²) >= 11 is 5.78. The van der Waals surface area contributed by atoms with Crippen molar-refractivity contribution in [3.63, 3.8) is 0 Å². The van der Waals surface area contributed by atoms with Crippen LogP contribution in [0.15, 0.2) is 29.1 Å². The first-order chi connectivity index (χ1) is 7.66. The molecule has 2 rings (SSSR count). The summed E-state index contributed by atoms with van der Waals surface area (Å²) in [6.07, 6.45) is 4.88. The van der Waals surface area contributed by atoms with E-state index in [-0.39, 0.29) is 0 Å². The smallest absolute Gasteiger partial charge is 0.149 e. The Balaban J connectivity index is 2.14. The summed E-state index contributed by atoms with van der Waals surface area (Å²) in [5.74, 6) is 1.66. The Labute approximate surface area is 98.9 Å². The highest BCUT2D eigenvalue weighted by Crippen LogP contribution is 2.16. The Bertz CT molecular complexity index is 484. The zero-order valence-electron chi connectivity index (χ0n) is 9.14. The molecule has 0 saturated heterocycles. The lowest BCUT2D eigenvalue weighted by molar-refractivity contribution is 0.529. The van der Waals surface area contributed by atoms with E-state index in [1.807, 2.05) is 24.9 Å². The van der Waals surface area contributed by atoms with E-state index in [2.05, 4.69) is 9.97 Å². The Hall–Kier alpha value is -1.55. The van der Waals surface area contributed by atoms with Crippen molar-refractivity contribution >= 4 is 17.4 Å². The van der Waals surface area contributed by atoms with Crippen LogP contribution < -0.4 is 4.90 Å². The fraction of sp³-hybridized carbons (Fsp3) is 0.273. The molecule has 16 heavy (non-hydrogen) atoms. The van der Waals surface area contributed by atoms with Crippen molar-refractivity contribution in [2.75, 3.05) is 11.9 Å². The monoisotopic (exact) mass is 237 g/mol.